The van der Waals surface area contributed by atoms with Gasteiger partial charge in [-0.25, -0.2) is 0 Å². The molecule has 1 saturated carbocycles. The third kappa shape index (κ3) is 3.46. The number of hydrogen-bond donors (Lipinski definition) is 1. The molecule has 1 N–H and O–H groups in total. The van der Waals surface area contributed by atoms with Crippen LogP contribution in [0.4, 0.5) is 5.95 Å². The summed E-state index contributed by atoms with van der Waals surface area (Å²) in [4.78, 5) is 12.7. The Morgan fingerprint density at radius 1 is 1.18 bits per heavy atom. The molecule has 5 nitrogen and oxygen atoms in total. The van der Waals surface area contributed by atoms with Gasteiger partial charge in [0.1, 0.15) is 0 Å². The fraction of sp³-hybridized carbons (Fsp3) is 0.727. The van der Waals surface area contributed by atoms with Gasteiger partial charge in [0, 0.05) is 12.3 Å². The van der Waals surface area contributed by atoms with Crippen molar-refractivity contribution >= 4 is 17.7 Å². The molecule has 0 bridgehead atoms. The molecule has 0 radical (unpaired) electrons. The van der Waals surface area contributed by atoms with E-state index in [1.54, 1.807) is 25.9 Å². The third-order valence-corrected chi connectivity index (χ3v) is 4.02. The zero-order valence-electron chi connectivity index (χ0n) is 10.3. The van der Waals surface area contributed by atoms with E-state index in [0.29, 0.717) is 17.2 Å². The average Bonchev–Trinajstić information content (AvgIpc) is 2.39. The van der Waals surface area contributed by atoms with Crippen LogP contribution in [0, 0.1) is 0 Å². The number of thioether (sulfide) groups is 1. The monoisotopic (exact) mass is 254 g/mol. The maximum atomic E-state index is 5.07. The number of rotatable bonds is 4. The van der Waals surface area contributed by atoms with Crippen LogP contribution in [0.15, 0.2) is 5.16 Å². The molecule has 6 heteroatoms. The van der Waals surface area contributed by atoms with Gasteiger partial charge in [-0.1, -0.05) is 31.0 Å². The first kappa shape index (κ1) is 12.4. The minimum Gasteiger partial charge on any atom is -0.467 e. The summed E-state index contributed by atoms with van der Waals surface area (Å²) in [6.45, 7) is 0. The zero-order chi connectivity index (χ0) is 12.1. The molecule has 94 valence electrons. The molecule has 1 aromatic heterocycles. The molecule has 1 aliphatic rings. The highest BCUT2D eigenvalue weighted by molar-refractivity contribution is 7.99. The Bertz CT molecular complexity index is 346. The molecule has 1 fully saturated rings. The zero-order valence-corrected chi connectivity index (χ0v) is 11.1. The van der Waals surface area contributed by atoms with Gasteiger partial charge in [-0.15, -0.1) is 0 Å². The molecule has 0 unspecified atom stereocenters. The molecule has 1 aliphatic carbocycles. The summed E-state index contributed by atoms with van der Waals surface area (Å²) in [6, 6.07) is 0.377. The molecule has 0 saturated heterocycles. The van der Waals surface area contributed by atoms with Crippen molar-refractivity contribution in [3.05, 3.63) is 0 Å². The highest BCUT2D eigenvalue weighted by atomic mass is 32.2. The van der Waals surface area contributed by atoms with Crippen LogP contribution in [0.1, 0.15) is 32.1 Å². The Morgan fingerprint density at radius 3 is 2.59 bits per heavy atom. The minimum absolute atomic E-state index is 0.377. The van der Waals surface area contributed by atoms with Gasteiger partial charge in [-0.05, 0) is 12.8 Å². The van der Waals surface area contributed by atoms with Crippen LogP contribution in [0.2, 0.25) is 0 Å². The molecule has 0 aromatic carbocycles. The smallest absolute Gasteiger partial charge is 0.321 e. The van der Waals surface area contributed by atoms with Gasteiger partial charge in [-0.3, -0.25) is 0 Å². The van der Waals surface area contributed by atoms with Crippen LogP contribution in [0.5, 0.6) is 6.01 Å². The predicted molar refractivity (Wildman–Crippen MR) is 68.7 cm³/mol. The van der Waals surface area contributed by atoms with Gasteiger partial charge in [0.15, 0.2) is 5.16 Å². The van der Waals surface area contributed by atoms with Gasteiger partial charge in [0.2, 0.25) is 5.95 Å². The van der Waals surface area contributed by atoms with Crippen LogP contribution < -0.4 is 10.1 Å². The number of anilines is 1. The maximum absolute atomic E-state index is 5.07. The maximum Gasteiger partial charge on any atom is 0.321 e. The second-order valence-electron chi connectivity index (χ2n) is 4.06. The van der Waals surface area contributed by atoms with E-state index in [4.69, 9.17) is 4.74 Å². The third-order valence-electron chi connectivity index (χ3n) is 2.82. The number of hydrogen-bond acceptors (Lipinski definition) is 6. The van der Waals surface area contributed by atoms with E-state index >= 15 is 0 Å². The molecule has 2 rings (SSSR count). The molecule has 0 spiro atoms. The van der Waals surface area contributed by atoms with Crippen LogP contribution in [0.25, 0.3) is 0 Å². The number of methoxy groups -OCH3 is 1. The van der Waals surface area contributed by atoms with Gasteiger partial charge >= 0.3 is 6.01 Å². The summed E-state index contributed by atoms with van der Waals surface area (Å²) in [7, 11) is 3.37. The van der Waals surface area contributed by atoms with Crippen molar-refractivity contribution in [1.82, 2.24) is 15.0 Å². The summed E-state index contributed by atoms with van der Waals surface area (Å²) in [5.41, 5.74) is 0. The van der Waals surface area contributed by atoms with Crippen molar-refractivity contribution < 1.29 is 4.74 Å². The number of nitrogens with zero attached hydrogens (tertiary/aromatic N) is 3. The molecule has 0 amide bonds. The summed E-state index contributed by atoms with van der Waals surface area (Å²) in [5.74, 6) is 0.565. The van der Waals surface area contributed by atoms with E-state index in [1.165, 1.54) is 32.1 Å². The van der Waals surface area contributed by atoms with Crippen molar-refractivity contribution in [1.29, 1.82) is 0 Å². The van der Waals surface area contributed by atoms with Gasteiger partial charge in [-0.2, -0.15) is 15.0 Å². The number of ether oxygens (including phenoxy) is 1. The highest BCUT2D eigenvalue weighted by Gasteiger charge is 2.17. The summed E-state index contributed by atoms with van der Waals surface area (Å²) < 4.78 is 5.07. The summed E-state index contributed by atoms with van der Waals surface area (Å²) in [5, 5.41) is 4.32. The molecule has 1 aromatic rings. The fourth-order valence-electron chi connectivity index (χ4n) is 1.93. The number of aromatic nitrogens is 3. The normalized spacial score (nSPS) is 16.8. The largest absolute Gasteiger partial charge is 0.467 e. The summed E-state index contributed by atoms with van der Waals surface area (Å²) in [6.07, 6.45) is 6.51. The molecule has 0 atom stereocenters. The quantitative estimate of drug-likeness (QED) is 0.890. The molecular weight excluding hydrogens is 236 g/mol. The topological polar surface area (TPSA) is 59.9 Å². The Balaban J connectivity index is 2.07. The van der Waals surface area contributed by atoms with Crippen molar-refractivity contribution in [3.63, 3.8) is 0 Å². The molecule has 17 heavy (non-hydrogen) atoms. The number of nitrogens with one attached hydrogen (secondary N) is 1. The van der Waals surface area contributed by atoms with E-state index in [-0.39, 0.29) is 0 Å². The lowest BCUT2D eigenvalue weighted by Crippen LogP contribution is -2.10. The average molecular weight is 254 g/mol. The Kier molecular flexibility index (Phi) is 4.42. The standard InChI is InChI=1S/C11H18N4OS/c1-12-9-13-10(16-2)15-11(14-9)17-8-6-4-3-5-7-8/h8H,3-7H2,1-2H3,(H,12,13,14,15). The van der Waals surface area contributed by atoms with Crippen molar-refractivity contribution in [3.8, 4) is 6.01 Å². The van der Waals surface area contributed by atoms with Gasteiger partial charge < -0.3 is 10.1 Å². The van der Waals surface area contributed by atoms with E-state index in [2.05, 4.69) is 20.3 Å². The van der Waals surface area contributed by atoms with Crippen molar-refractivity contribution in [2.24, 2.45) is 0 Å². The van der Waals surface area contributed by atoms with E-state index in [1.807, 2.05) is 0 Å². The van der Waals surface area contributed by atoms with E-state index in [0.717, 1.165) is 5.16 Å². The second kappa shape index (κ2) is 6.05. The first-order valence-corrected chi connectivity index (χ1v) is 6.84. The minimum atomic E-state index is 0.377. The van der Waals surface area contributed by atoms with Crippen molar-refractivity contribution in [2.45, 2.75) is 42.5 Å². The van der Waals surface area contributed by atoms with Crippen LogP contribution in [-0.2, 0) is 0 Å². The van der Waals surface area contributed by atoms with E-state index in [9.17, 15) is 0 Å². The Hall–Kier alpha value is -1.04. The van der Waals surface area contributed by atoms with Crippen LogP contribution in [0.3, 0.4) is 0 Å². The SMILES string of the molecule is CNc1nc(OC)nc(SC2CCCCC2)n1. The molecular formula is C11H18N4OS. The van der Waals surface area contributed by atoms with Crippen LogP contribution in [-0.4, -0.2) is 34.4 Å². The Morgan fingerprint density at radius 2 is 1.94 bits per heavy atom. The van der Waals surface area contributed by atoms with Crippen molar-refractivity contribution in [2.75, 3.05) is 19.5 Å². The van der Waals surface area contributed by atoms with Gasteiger partial charge in [0.05, 0.1) is 7.11 Å². The lowest BCUT2D eigenvalue weighted by Gasteiger charge is -2.20. The molecule has 0 aliphatic heterocycles. The van der Waals surface area contributed by atoms with Gasteiger partial charge in [0.25, 0.3) is 0 Å². The fourth-order valence-corrected chi connectivity index (χ4v) is 3.06. The van der Waals surface area contributed by atoms with Crippen LogP contribution >= 0.6 is 11.8 Å². The highest BCUT2D eigenvalue weighted by Crippen LogP contribution is 2.32. The molecule has 1 heterocycles. The first-order chi connectivity index (χ1) is 8.31. The lowest BCUT2D eigenvalue weighted by atomic mass is 10.0. The Labute approximate surface area is 106 Å². The first-order valence-electron chi connectivity index (χ1n) is 5.96. The second-order valence-corrected chi connectivity index (χ2v) is 5.32. The van der Waals surface area contributed by atoms with E-state index < -0.39 is 0 Å². The lowest BCUT2D eigenvalue weighted by molar-refractivity contribution is 0.373. The predicted octanol–water partition coefficient (Wildman–Crippen LogP) is 2.35. The summed E-state index contributed by atoms with van der Waals surface area (Å²) >= 11 is 1.74.